The van der Waals surface area contributed by atoms with Crippen LogP contribution in [-0.4, -0.2) is 30.2 Å². The molecular formula is C8H18N4O2. The van der Waals surface area contributed by atoms with Gasteiger partial charge in [-0.2, -0.15) is 0 Å². The molecule has 0 aliphatic carbocycles. The van der Waals surface area contributed by atoms with E-state index in [-0.39, 0.29) is 11.9 Å². The first-order valence-corrected chi connectivity index (χ1v) is 4.68. The average Bonchev–Trinajstić information content (AvgIpc) is 2.18. The Balaban J connectivity index is 3.36. The van der Waals surface area contributed by atoms with Crippen LogP contribution in [0.2, 0.25) is 0 Å². The number of nitrogens with zero attached hydrogens (tertiary/aromatic N) is 1. The van der Waals surface area contributed by atoms with Gasteiger partial charge in [-0.3, -0.25) is 0 Å². The van der Waals surface area contributed by atoms with Crippen LogP contribution in [0, 0.1) is 0 Å². The van der Waals surface area contributed by atoms with Crippen LogP contribution < -0.4 is 16.4 Å². The van der Waals surface area contributed by atoms with E-state index in [2.05, 4.69) is 22.7 Å². The van der Waals surface area contributed by atoms with Gasteiger partial charge in [0, 0.05) is 19.5 Å². The second-order valence-corrected chi connectivity index (χ2v) is 2.88. The van der Waals surface area contributed by atoms with E-state index in [4.69, 9.17) is 10.9 Å². The molecule has 2 amide bonds. The average molecular weight is 202 g/mol. The summed E-state index contributed by atoms with van der Waals surface area (Å²) in [5.41, 5.74) is 5.21. The fourth-order valence-electron chi connectivity index (χ4n) is 0.795. The third-order valence-corrected chi connectivity index (χ3v) is 1.61. The Kier molecular flexibility index (Phi) is 7.30. The van der Waals surface area contributed by atoms with E-state index in [0.29, 0.717) is 19.5 Å². The maximum absolute atomic E-state index is 11.0. The van der Waals surface area contributed by atoms with E-state index in [1.807, 2.05) is 0 Å². The van der Waals surface area contributed by atoms with Crippen molar-refractivity contribution in [3.8, 4) is 0 Å². The predicted molar refractivity (Wildman–Crippen MR) is 54.3 cm³/mol. The summed E-state index contributed by atoms with van der Waals surface area (Å²) in [5, 5.41) is 16.3. The molecule has 0 bridgehead atoms. The van der Waals surface area contributed by atoms with Gasteiger partial charge in [0.05, 0.1) is 0 Å². The number of hydrogen-bond donors (Lipinski definition) is 4. The Bertz CT molecular complexity index is 194. The van der Waals surface area contributed by atoms with Crippen LogP contribution in [0.15, 0.2) is 5.16 Å². The highest BCUT2D eigenvalue weighted by Gasteiger charge is 1.98. The second kappa shape index (κ2) is 8.15. The molecule has 6 nitrogen and oxygen atoms in total. The first-order chi connectivity index (χ1) is 6.70. The molecule has 0 fully saturated rings. The summed E-state index contributed by atoms with van der Waals surface area (Å²) in [6.45, 7) is 3.09. The van der Waals surface area contributed by atoms with Crippen LogP contribution in [0.4, 0.5) is 4.79 Å². The number of hydrogen-bond acceptors (Lipinski definition) is 3. The zero-order valence-corrected chi connectivity index (χ0v) is 8.42. The van der Waals surface area contributed by atoms with Crippen molar-refractivity contribution in [2.45, 2.75) is 26.2 Å². The number of amidine groups is 1. The van der Waals surface area contributed by atoms with E-state index < -0.39 is 0 Å². The van der Waals surface area contributed by atoms with Crippen LogP contribution in [0.5, 0.6) is 0 Å². The lowest BCUT2D eigenvalue weighted by Crippen LogP contribution is -2.37. The lowest BCUT2D eigenvalue weighted by molar-refractivity contribution is 0.241. The molecule has 0 rings (SSSR count). The molecule has 0 aromatic heterocycles. The van der Waals surface area contributed by atoms with E-state index in [1.54, 1.807) is 0 Å². The number of nitrogens with two attached hydrogens (primary N) is 1. The standard InChI is InChI=1S/C8H18N4O2/c1-2-3-5-10-8(13)11-6-4-7(9)12-14/h14H,2-6H2,1H3,(H2,9,12)(H2,10,11,13). The van der Waals surface area contributed by atoms with Gasteiger partial charge in [-0.1, -0.05) is 18.5 Å². The lowest BCUT2D eigenvalue weighted by Gasteiger charge is -2.05. The Morgan fingerprint density at radius 3 is 2.64 bits per heavy atom. The van der Waals surface area contributed by atoms with Crippen LogP contribution in [0.25, 0.3) is 0 Å². The molecule has 0 heterocycles. The Labute approximate surface area is 83.5 Å². The summed E-state index contributed by atoms with van der Waals surface area (Å²) < 4.78 is 0. The molecule has 82 valence electrons. The SMILES string of the molecule is CCCCNC(=O)NCCC(N)=NO. The first-order valence-electron chi connectivity index (χ1n) is 4.68. The predicted octanol–water partition coefficient (Wildman–Crippen LogP) is 0.222. The normalized spacial score (nSPS) is 11.1. The van der Waals surface area contributed by atoms with E-state index >= 15 is 0 Å². The number of rotatable bonds is 6. The molecule has 0 spiro atoms. The molecule has 0 unspecified atom stereocenters. The highest BCUT2D eigenvalue weighted by atomic mass is 16.4. The van der Waals surface area contributed by atoms with Gasteiger partial charge in [-0.15, -0.1) is 0 Å². The van der Waals surface area contributed by atoms with Gasteiger partial charge in [0.15, 0.2) is 0 Å². The van der Waals surface area contributed by atoms with Crippen molar-refractivity contribution in [2.24, 2.45) is 10.9 Å². The van der Waals surface area contributed by atoms with Crippen molar-refractivity contribution in [1.82, 2.24) is 10.6 Å². The van der Waals surface area contributed by atoms with Crippen LogP contribution in [-0.2, 0) is 0 Å². The number of urea groups is 1. The van der Waals surface area contributed by atoms with Gasteiger partial charge in [0.25, 0.3) is 0 Å². The fourth-order valence-corrected chi connectivity index (χ4v) is 0.795. The van der Waals surface area contributed by atoms with Gasteiger partial charge < -0.3 is 21.6 Å². The molecule has 0 aliphatic heterocycles. The smallest absolute Gasteiger partial charge is 0.314 e. The Morgan fingerprint density at radius 1 is 1.43 bits per heavy atom. The van der Waals surface area contributed by atoms with Crippen molar-refractivity contribution >= 4 is 11.9 Å². The number of oxime groups is 1. The van der Waals surface area contributed by atoms with Crippen LogP contribution in [0.1, 0.15) is 26.2 Å². The van der Waals surface area contributed by atoms with Crippen molar-refractivity contribution < 1.29 is 10.0 Å². The molecule has 5 N–H and O–H groups in total. The molecule has 0 aliphatic rings. The van der Waals surface area contributed by atoms with Crippen molar-refractivity contribution in [3.63, 3.8) is 0 Å². The monoisotopic (exact) mass is 202 g/mol. The summed E-state index contributed by atoms with van der Waals surface area (Å²) in [7, 11) is 0. The Hall–Kier alpha value is -1.46. The molecule has 0 aromatic carbocycles. The van der Waals surface area contributed by atoms with E-state index in [0.717, 1.165) is 12.8 Å². The molecule has 14 heavy (non-hydrogen) atoms. The highest BCUT2D eigenvalue weighted by Crippen LogP contribution is 1.82. The van der Waals surface area contributed by atoms with Crippen molar-refractivity contribution in [1.29, 1.82) is 0 Å². The van der Waals surface area contributed by atoms with Crippen LogP contribution in [0.3, 0.4) is 0 Å². The topological polar surface area (TPSA) is 99.7 Å². The largest absolute Gasteiger partial charge is 0.409 e. The van der Waals surface area contributed by atoms with Gasteiger partial charge in [0.2, 0.25) is 0 Å². The number of unbranched alkanes of at least 4 members (excludes halogenated alkanes) is 1. The number of carbonyl (C=O) groups excluding carboxylic acids is 1. The lowest BCUT2D eigenvalue weighted by atomic mass is 10.3. The minimum Gasteiger partial charge on any atom is -0.409 e. The van der Waals surface area contributed by atoms with E-state index in [9.17, 15) is 4.79 Å². The summed E-state index contributed by atoms with van der Waals surface area (Å²) in [6, 6.07) is -0.218. The van der Waals surface area contributed by atoms with Crippen LogP contribution >= 0.6 is 0 Å². The van der Waals surface area contributed by atoms with Crippen molar-refractivity contribution in [3.05, 3.63) is 0 Å². The van der Waals surface area contributed by atoms with Gasteiger partial charge in [-0.25, -0.2) is 4.79 Å². The molecular weight excluding hydrogens is 184 g/mol. The van der Waals surface area contributed by atoms with Crippen molar-refractivity contribution in [2.75, 3.05) is 13.1 Å². The molecule has 0 atom stereocenters. The number of carbonyl (C=O) groups is 1. The first kappa shape index (κ1) is 12.5. The third-order valence-electron chi connectivity index (χ3n) is 1.61. The second-order valence-electron chi connectivity index (χ2n) is 2.88. The van der Waals surface area contributed by atoms with Gasteiger partial charge in [0.1, 0.15) is 5.84 Å². The summed E-state index contributed by atoms with van der Waals surface area (Å²) in [4.78, 5) is 11.0. The maximum Gasteiger partial charge on any atom is 0.314 e. The summed E-state index contributed by atoms with van der Waals surface area (Å²) in [6.07, 6.45) is 2.36. The minimum absolute atomic E-state index is 0.110. The minimum atomic E-state index is -0.218. The fraction of sp³-hybridized carbons (Fsp3) is 0.750. The molecule has 0 aromatic rings. The maximum atomic E-state index is 11.0. The van der Waals surface area contributed by atoms with Gasteiger partial charge >= 0.3 is 6.03 Å². The summed E-state index contributed by atoms with van der Waals surface area (Å²) >= 11 is 0. The van der Waals surface area contributed by atoms with E-state index in [1.165, 1.54) is 0 Å². The molecule has 0 saturated carbocycles. The number of nitrogens with one attached hydrogen (secondary N) is 2. The summed E-state index contributed by atoms with van der Waals surface area (Å²) in [5.74, 6) is 0.110. The zero-order chi connectivity index (χ0) is 10.8. The molecule has 6 heteroatoms. The highest BCUT2D eigenvalue weighted by molar-refractivity contribution is 5.80. The quantitative estimate of drug-likeness (QED) is 0.163. The zero-order valence-electron chi connectivity index (χ0n) is 8.42. The molecule has 0 radical (unpaired) electrons. The number of amides is 2. The third kappa shape index (κ3) is 7.20. The Morgan fingerprint density at radius 2 is 2.07 bits per heavy atom. The molecule has 0 saturated heterocycles. The van der Waals surface area contributed by atoms with Gasteiger partial charge in [-0.05, 0) is 6.42 Å².